The number of nitrogens with zero attached hydrogens (tertiary/aromatic N) is 2. The maximum Gasteiger partial charge on any atom is 0.277 e. The van der Waals surface area contributed by atoms with Gasteiger partial charge < -0.3 is 9.73 Å². The Bertz CT molecular complexity index is 941. The van der Waals surface area contributed by atoms with E-state index in [2.05, 4.69) is 27.6 Å². The Morgan fingerprint density at radius 2 is 1.85 bits per heavy atom. The van der Waals surface area contributed by atoms with Crippen LogP contribution in [0.1, 0.15) is 18.4 Å². The fourth-order valence-electron chi connectivity index (χ4n) is 2.97. The summed E-state index contributed by atoms with van der Waals surface area (Å²) in [5.41, 5.74) is 2.07. The van der Waals surface area contributed by atoms with Crippen molar-refractivity contribution in [1.82, 2.24) is 15.5 Å². The van der Waals surface area contributed by atoms with Crippen LogP contribution in [-0.4, -0.2) is 28.4 Å². The van der Waals surface area contributed by atoms with Gasteiger partial charge in [0.05, 0.1) is 16.3 Å². The summed E-state index contributed by atoms with van der Waals surface area (Å²) >= 11 is 7.36. The summed E-state index contributed by atoms with van der Waals surface area (Å²) in [6.45, 7) is 0.658. The number of halogens is 1. The fourth-order valence-corrected chi connectivity index (χ4v) is 3.78. The summed E-state index contributed by atoms with van der Waals surface area (Å²) in [7, 11) is 0. The van der Waals surface area contributed by atoms with E-state index in [4.69, 9.17) is 16.0 Å². The van der Waals surface area contributed by atoms with Gasteiger partial charge >= 0.3 is 0 Å². The number of carbonyl (C=O) groups is 1. The van der Waals surface area contributed by atoms with Gasteiger partial charge in [-0.25, -0.2) is 0 Å². The summed E-state index contributed by atoms with van der Waals surface area (Å²) in [5.74, 6) is 0.541. The standard InChI is InChI=1S/C20H18ClN3O2S/c21-16-9-5-4-8-15(16)18-23-24-19(26-18)27-12-17(25)22-13-20(10-11-20)14-6-2-1-3-7-14/h1-9H,10-13H2,(H,22,25). The second-order valence-electron chi connectivity index (χ2n) is 6.56. The lowest BCUT2D eigenvalue weighted by Crippen LogP contribution is -2.33. The largest absolute Gasteiger partial charge is 0.411 e. The van der Waals surface area contributed by atoms with E-state index in [-0.39, 0.29) is 17.1 Å². The highest BCUT2D eigenvalue weighted by atomic mass is 35.5. The van der Waals surface area contributed by atoms with E-state index in [1.54, 1.807) is 6.07 Å². The molecule has 5 nitrogen and oxygen atoms in total. The van der Waals surface area contributed by atoms with Crippen molar-refractivity contribution in [2.24, 2.45) is 0 Å². The topological polar surface area (TPSA) is 68.0 Å². The summed E-state index contributed by atoms with van der Waals surface area (Å²) in [5, 5.41) is 11.9. The van der Waals surface area contributed by atoms with Crippen LogP contribution in [0.2, 0.25) is 5.02 Å². The van der Waals surface area contributed by atoms with E-state index in [1.807, 2.05) is 36.4 Å². The van der Waals surface area contributed by atoms with Gasteiger partial charge in [0, 0.05) is 12.0 Å². The SMILES string of the molecule is O=C(CSc1nnc(-c2ccccc2Cl)o1)NCC1(c2ccccc2)CC1. The molecule has 0 atom stereocenters. The molecule has 1 fully saturated rings. The smallest absolute Gasteiger partial charge is 0.277 e. The lowest BCUT2D eigenvalue weighted by Gasteiger charge is -2.16. The third-order valence-electron chi connectivity index (χ3n) is 4.70. The molecule has 0 aliphatic heterocycles. The van der Waals surface area contributed by atoms with Gasteiger partial charge in [-0.05, 0) is 30.5 Å². The summed E-state index contributed by atoms with van der Waals surface area (Å²) < 4.78 is 5.60. The fraction of sp³-hybridized carbons (Fsp3) is 0.250. The first kappa shape index (κ1) is 18.1. The van der Waals surface area contributed by atoms with Crippen molar-refractivity contribution >= 4 is 29.3 Å². The van der Waals surface area contributed by atoms with Crippen molar-refractivity contribution in [3.63, 3.8) is 0 Å². The molecule has 0 radical (unpaired) electrons. The average Bonchev–Trinajstić information content (AvgIpc) is 3.36. The van der Waals surface area contributed by atoms with Crippen LogP contribution < -0.4 is 5.32 Å². The van der Waals surface area contributed by atoms with Crippen molar-refractivity contribution in [1.29, 1.82) is 0 Å². The molecule has 1 heterocycles. The first-order valence-electron chi connectivity index (χ1n) is 8.70. The van der Waals surface area contributed by atoms with E-state index in [9.17, 15) is 4.79 Å². The number of hydrogen-bond acceptors (Lipinski definition) is 5. The normalized spacial score (nSPS) is 14.7. The molecule has 1 N–H and O–H groups in total. The number of carbonyl (C=O) groups excluding carboxylic acids is 1. The highest BCUT2D eigenvalue weighted by Crippen LogP contribution is 2.47. The number of nitrogens with one attached hydrogen (secondary N) is 1. The zero-order valence-electron chi connectivity index (χ0n) is 14.5. The molecule has 4 rings (SSSR count). The minimum atomic E-state index is -0.0419. The van der Waals surface area contributed by atoms with Gasteiger partial charge in [-0.1, -0.05) is 65.8 Å². The molecule has 138 valence electrons. The number of amides is 1. The lowest BCUT2D eigenvalue weighted by atomic mass is 9.96. The quantitative estimate of drug-likeness (QED) is 0.599. The lowest BCUT2D eigenvalue weighted by molar-refractivity contribution is -0.118. The first-order valence-corrected chi connectivity index (χ1v) is 10.1. The summed E-state index contributed by atoms with van der Waals surface area (Å²) in [6, 6.07) is 17.6. The number of thioether (sulfide) groups is 1. The molecule has 7 heteroatoms. The molecule has 3 aromatic rings. The van der Waals surface area contributed by atoms with Gasteiger partial charge in [0.25, 0.3) is 5.22 Å². The molecule has 1 aromatic heterocycles. The molecule has 1 aliphatic rings. The van der Waals surface area contributed by atoms with Crippen molar-refractivity contribution in [3.8, 4) is 11.5 Å². The molecule has 27 heavy (non-hydrogen) atoms. The van der Waals surface area contributed by atoms with Crippen molar-refractivity contribution in [3.05, 3.63) is 65.2 Å². The predicted octanol–water partition coefficient (Wildman–Crippen LogP) is 4.33. The zero-order valence-corrected chi connectivity index (χ0v) is 16.1. The van der Waals surface area contributed by atoms with Gasteiger partial charge in [-0.2, -0.15) is 0 Å². The molecule has 0 unspecified atom stereocenters. The van der Waals surface area contributed by atoms with Gasteiger partial charge in [0.15, 0.2) is 0 Å². The van der Waals surface area contributed by atoms with Crippen LogP contribution in [0.15, 0.2) is 64.2 Å². The van der Waals surface area contributed by atoms with Crippen LogP contribution in [0.4, 0.5) is 0 Å². The number of hydrogen-bond donors (Lipinski definition) is 1. The maximum absolute atomic E-state index is 12.2. The van der Waals surface area contributed by atoms with E-state index >= 15 is 0 Å². The molecular weight excluding hydrogens is 382 g/mol. The van der Waals surface area contributed by atoms with Crippen molar-refractivity contribution < 1.29 is 9.21 Å². The Morgan fingerprint density at radius 3 is 2.59 bits per heavy atom. The Balaban J connectivity index is 1.30. The maximum atomic E-state index is 12.2. The molecule has 1 amide bonds. The van der Waals surface area contributed by atoms with Crippen LogP contribution in [0, 0.1) is 0 Å². The average molecular weight is 400 g/mol. The number of aromatic nitrogens is 2. The molecule has 1 saturated carbocycles. The van der Waals surface area contributed by atoms with Crippen molar-refractivity contribution in [2.75, 3.05) is 12.3 Å². The Hall–Kier alpha value is -2.31. The van der Waals surface area contributed by atoms with Gasteiger partial charge in [0.1, 0.15) is 0 Å². The second kappa shape index (κ2) is 7.74. The van der Waals surface area contributed by atoms with Gasteiger partial charge in [-0.3, -0.25) is 4.79 Å². The molecule has 2 aromatic carbocycles. The summed E-state index contributed by atoms with van der Waals surface area (Å²) in [6.07, 6.45) is 2.21. The second-order valence-corrected chi connectivity index (χ2v) is 7.90. The molecular formula is C20H18ClN3O2S. The Morgan fingerprint density at radius 1 is 1.11 bits per heavy atom. The van der Waals surface area contributed by atoms with Crippen LogP contribution in [0.25, 0.3) is 11.5 Å². The third kappa shape index (κ3) is 4.17. The summed E-state index contributed by atoms with van der Waals surface area (Å²) in [4.78, 5) is 12.2. The third-order valence-corrected chi connectivity index (χ3v) is 5.85. The van der Waals surface area contributed by atoms with Crippen molar-refractivity contribution in [2.45, 2.75) is 23.5 Å². The van der Waals surface area contributed by atoms with Crippen LogP contribution in [0.3, 0.4) is 0 Å². The number of benzene rings is 2. The molecule has 1 aliphatic carbocycles. The molecule has 0 saturated heterocycles. The predicted molar refractivity (Wildman–Crippen MR) is 106 cm³/mol. The van der Waals surface area contributed by atoms with Crippen LogP contribution in [0.5, 0.6) is 0 Å². The van der Waals surface area contributed by atoms with E-state index in [1.165, 1.54) is 17.3 Å². The number of rotatable bonds is 7. The van der Waals surface area contributed by atoms with E-state index in [0.717, 1.165) is 12.8 Å². The van der Waals surface area contributed by atoms with Crippen LogP contribution in [-0.2, 0) is 10.2 Å². The zero-order chi connectivity index (χ0) is 18.7. The minimum Gasteiger partial charge on any atom is -0.411 e. The Kier molecular flexibility index (Phi) is 5.18. The van der Waals surface area contributed by atoms with Gasteiger partial charge in [-0.15, -0.1) is 10.2 Å². The van der Waals surface area contributed by atoms with Crippen LogP contribution >= 0.6 is 23.4 Å². The van der Waals surface area contributed by atoms with E-state index < -0.39 is 0 Å². The first-order chi connectivity index (χ1) is 13.2. The monoisotopic (exact) mass is 399 g/mol. The van der Waals surface area contributed by atoms with E-state index in [0.29, 0.717) is 28.2 Å². The molecule has 0 spiro atoms. The minimum absolute atomic E-state index is 0.0419. The highest BCUT2D eigenvalue weighted by Gasteiger charge is 2.44. The van der Waals surface area contributed by atoms with Gasteiger partial charge in [0.2, 0.25) is 11.8 Å². The Labute approximate surface area is 166 Å². The highest BCUT2D eigenvalue weighted by molar-refractivity contribution is 7.99. The molecule has 0 bridgehead atoms.